The van der Waals surface area contributed by atoms with Crippen molar-refractivity contribution in [1.29, 1.82) is 0 Å². The first kappa shape index (κ1) is 7.80. The van der Waals surface area contributed by atoms with E-state index in [4.69, 9.17) is 5.73 Å². The topological polar surface area (TPSA) is 43.8 Å². The van der Waals surface area contributed by atoms with Crippen molar-refractivity contribution < 1.29 is 0 Å². The number of hydrogen-bond donors (Lipinski definition) is 1. The lowest BCUT2D eigenvalue weighted by molar-refractivity contribution is 0.577. The molecule has 1 aliphatic carbocycles. The molecule has 0 aromatic carbocycles. The Kier molecular flexibility index (Phi) is 1.89. The molecule has 0 amide bonds. The van der Waals surface area contributed by atoms with Crippen molar-refractivity contribution in [2.45, 2.75) is 31.2 Å². The Morgan fingerprint density at radius 1 is 1.58 bits per heavy atom. The molecule has 66 valence electrons. The van der Waals surface area contributed by atoms with E-state index in [1.807, 2.05) is 19.6 Å². The van der Waals surface area contributed by atoms with Crippen LogP contribution in [0.4, 0.5) is 0 Å². The fourth-order valence-electron chi connectivity index (χ4n) is 2.08. The molecule has 12 heavy (non-hydrogen) atoms. The molecule has 3 nitrogen and oxygen atoms in total. The van der Waals surface area contributed by atoms with E-state index < -0.39 is 0 Å². The average molecular weight is 165 g/mol. The first-order valence-electron chi connectivity index (χ1n) is 4.51. The van der Waals surface area contributed by atoms with Crippen LogP contribution in [0.15, 0.2) is 12.5 Å². The highest BCUT2D eigenvalue weighted by molar-refractivity contribution is 5.11. The lowest BCUT2D eigenvalue weighted by atomic mass is 10.0. The molecular formula is C9H15N3. The van der Waals surface area contributed by atoms with Gasteiger partial charge >= 0.3 is 0 Å². The van der Waals surface area contributed by atoms with Gasteiger partial charge in [-0.05, 0) is 12.8 Å². The number of aryl methyl sites for hydroxylation is 1. The second kappa shape index (κ2) is 2.90. The number of aromatic nitrogens is 2. The molecule has 1 aliphatic rings. The molecule has 0 bridgehead atoms. The fraction of sp³-hybridized carbons (Fsp3) is 0.667. The van der Waals surface area contributed by atoms with Gasteiger partial charge in [0.1, 0.15) is 0 Å². The van der Waals surface area contributed by atoms with Gasteiger partial charge in [0.05, 0.1) is 6.33 Å². The Labute approximate surface area is 72.6 Å². The van der Waals surface area contributed by atoms with E-state index in [2.05, 4.69) is 9.55 Å². The third-order valence-corrected chi connectivity index (χ3v) is 2.80. The molecule has 0 spiro atoms. The summed E-state index contributed by atoms with van der Waals surface area (Å²) < 4.78 is 2.08. The minimum absolute atomic E-state index is 0.348. The Hall–Kier alpha value is -0.830. The SMILES string of the molecule is Cn1cncc1C1CCCC1N. The van der Waals surface area contributed by atoms with Crippen molar-refractivity contribution >= 4 is 0 Å². The summed E-state index contributed by atoms with van der Waals surface area (Å²) in [6.45, 7) is 0. The second-order valence-corrected chi connectivity index (χ2v) is 3.63. The highest BCUT2D eigenvalue weighted by atomic mass is 15.0. The van der Waals surface area contributed by atoms with Gasteiger partial charge in [0, 0.05) is 30.9 Å². The van der Waals surface area contributed by atoms with Crippen LogP contribution in [-0.4, -0.2) is 15.6 Å². The van der Waals surface area contributed by atoms with Crippen molar-refractivity contribution in [3.8, 4) is 0 Å². The number of rotatable bonds is 1. The molecule has 2 unspecified atom stereocenters. The summed E-state index contributed by atoms with van der Waals surface area (Å²) in [4.78, 5) is 4.11. The molecule has 0 saturated heterocycles. The molecule has 3 heteroatoms. The van der Waals surface area contributed by atoms with E-state index in [1.54, 1.807) is 0 Å². The largest absolute Gasteiger partial charge is 0.337 e. The molecule has 0 aliphatic heterocycles. The van der Waals surface area contributed by atoms with Gasteiger partial charge in [-0.3, -0.25) is 0 Å². The van der Waals surface area contributed by atoms with Gasteiger partial charge in [-0.2, -0.15) is 0 Å². The van der Waals surface area contributed by atoms with Crippen LogP contribution in [0.1, 0.15) is 30.9 Å². The van der Waals surface area contributed by atoms with Crippen molar-refractivity contribution in [2.75, 3.05) is 0 Å². The Bertz CT molecular complexity index is 266. The maximum absolute atomic E-state index is 6.00. The molecule has 2 rings (SSSR count). The molecule has 2 N–H and O–H groups in total. The van der Waals surface area contributed by atoms with Gasteiger partial charge < -0.3 is 10.3 Å². The van der Waals surface area contributed by atoms with Crippen molar-refractivity contribution in [2.24, 2.45) is 12.8 Å². The molecule has 2 atom stereocenters. The smallest absolute Gasteiger partial charge is 0.0945 e. The summed E-state index contributed by atoms with van der Waals surface area (Å²) in [6.07, 6.45) is 7.43. The molecule has 1 heterocycles. The monoisotopic (exact) mass is 165 g/mol. The van der Waals surface area contributed by atoms with Gasteiger partial charge in [0.2, 0.25) is 0 Å². The Balaban J connectivity index is 2.24. The summed E-state index contributed by atoms with van der Waals surface area (Å²) >= 11 is 0. The van der Waals surface area contributed by atoms with Gasteiger partial charge in [-0.25, -0.2) is 4.98 Å². The maximum atomic E-state index is 6.00. The minimum Gasteiger partial charge on any atom is -0.337 e. The van der Waals surface area contributed by atoms with Crippen LogP contribution in [0.2, 0.25) is 0 Å². The lowest BCUT2D eigenvalue weighted by Crippen LogP contribution is -2.24. The number of nitrogens with two attached hydrogens (primary N) is 1. The Morgan fingerprint density at radius 3 is 2.92 bits per heavy atom. The molecular weight excluding hydrogens is 150 g/mol. The summed E-state index contributed by atoms with van der Waals surface area (Å²) in [7, 11) is 2.04. The van der Waals surface area contributed by atoms with Crippen LogP contribution < -0.4 is 5.73 Å². The van der Waals surface area contributed by atoms with Gasteiger partial charge in [0.15, 0.2) is 0 Å². The summed E-state index contributed by atoms with van der Waals surface area (Å²) in [5.41, 5.74) is 7.29. The van der Waals surface area contributed by atoms with Gasteiger partial charge in [0.25, 0.3) is 0 Å². The predicted octanol–water partition coefficient (Wildman–Crippen LogP) is 1.01. The second-order valence-electron chi connectivity index (χ2n) is 3.63. The van der Waals surface area contributed by atoms with Crippen LogP contribution in [0.3, 0.4) is 0 Å². The van der Waals surface area contributed by atoms with E-state index in [-0.39, 0.29) is 0 Å². The van der Waals surface area contributed by atoms with Crippen molar-refractivity contribution in [3.05, 3.63) is 18.2 Å². The van der Waals surface area contributed by atoms with Crippen LogP contribution >= 0.6 is 0 Å². The molecule has 1 saturated carbocycles. The number of imidazole rings is 1. The van der Waals surface area contributed by atoms with E-state index in [1.165, 1.54) is 18.5 Å². The number of nitrogens with zero attached hydrogens (tertiary/aromatic N) is 2. The van der Waals surface area contributed by atoms with Crippen LogP contribution in [0.5, 0.6) is 0 Å². The molecule has 1 aromatic rings. The number of hydrogen-bond acceptors (Lipinski definition) is 2. The summed E-state index contributed by atoms with van der Waals surface area (Å²) in [5, 5.41) is 0. The summed E-state index contributed by atoms with van der Waals surface area (Å²) in [6, 6.07) is 0.348. The van der Waals surface area contributed by atoms with E-state index in [0.717, 1.165) is 6.42 Å². The predicted molar refractivity (Wildman–Crippen MR) is 47.8 cm³/mol. The molecule has 1 aromatic heterocycles. The quantitative estimate of drug-likeness (QED) is 0.675. The van der Waals surface area contributed by atoms with Crippen molar-refractivity contribution in [3.63, 3.8) is 0 Å². The zero-order chi connectivity index (χ0) is 8.55. The molecule has 1 fully saturated rings. The first-order valence-corrected chi connectivity index (χ1v) is 4.51. The lowest BCUT2D eigenvalue weighted by Gasteiger charge is -2.15. The highest BCUT2D eigenvalue weighted by Crippen LogP contribution is 2.32. The standard InChI is InChI=1S/C9H15N3/c1-12-6-11-5-9(12)7-3-2-4-8(7)10/h5-8H,2-4,10H2,1H3. The van der Waals surface area contributed by atoms with Crippen LogP contribution in [-0.2, 0) is 7.05 Å². The van der Waals surface area contributed by atoms with Crippen molar-refractivity contribution in [1.82, 2.24) is 9.55 Å². The normalized spacial score (nSPS) is 29.5. The summed E-state index contributed by atoms with van der Waals surface area (Å²) in [5.74, 6) is 0.539. The van der Waals surface area contributed by atoms with Gasteiger partial charge in [-0.1, -0.05) is 6.42 Å². The van der Waals surface area contributed by atoms with Crippen LogP contribution in [0.25, 0.3) is 0 Å². The molecule has 0 radical (unpaired) electrons. The van der Waals surface area contributed by atoms with E-state index in [0.29, 0.717) is 12.0 Å². The Morgan fingerprint density at radius 2 is 2.42 bits per heavy atom. The van der Waals surface area contributed by atoms with E-state index >= 15 is 0 Å². The minimum atomic E-state index is 0.348. The average Bonchev–Trinajstić information content (AvgIpc) is 2.59. The fourth-order valence-corrected chi connectivity index (χ4v) is 2.08. The third kappa shape index (κ3) is 1.14. The zero-order valence-corrected chi connectivity index (χ0v) is 7.40. The zero-order valence-electron chi connectivity index (χ0n) is 7.40. The third-order valence-electron chi connectivity index (χ3n) is 2.80. The first-order chi connectivity index (χ1) is 5.79. The highest BCUT2D eigenvalue weighted by Gasteiger charge is 2.27. The maximum Gasteiger partial charge on any atom is 0.0945 e. The van der Waals surface area contributed by atoms with E-state index in [9.17, 15) is 0 Å². The van der Waals surface area contributed by atoms with Crippen LogP contribution in [0, 0.1) is 0 Å². The van der Waals surface area contributed by atoms with Gasteiger partial charge in [-0.15, -0.1) is 0 Å².